The Kier molecular flexibility index (Phi) is 2.56. The van der Waals surface area contributed by atoms with Crippen molar-refractivity contribution in [2.75, 3.05) is 0 Å². The standard InChI is InChI=1S/C8H8N2OS/c1-5-8(6(2)11)12-7(10-5)3-4-9/h3H2,1-2H3. The van der Waals surface area contributed by atoms with Crippen molar-refractivity contribution in [1.29, 1.82) is 5.26 Å². The summed E-state index contributed by atoms with van der Waals surface area (Å²) in [5, 5.41) is 9.11. The van der Waals surface area contributed by atoms with E-state index in [1.54, 1.807) is 6.92 Å². The third-order valence-electron chi connectivity index (χ3n) is 1.39. The maximum absolute atomic E-state index is 11.0. The van der Waals surface area contributed by atoms with Gasteiger partial charge in [-0.15, -0.1) is 11.3 Å². The van der Waals surface area contributed by atoms with Crippen molar-refractivity contribution in [3.05, 3.63) is 15.6 Å². The highest BCUT2D eigenvalue weighted by molar-refractivity contribution is 7.13. The number of nitriles is 1. The summed E-state index contributed by atoms with van der Waals surface area (Å²) in [6, 6.07) is 2.00. The Bertz CT molecular complexity index is 348. The second kappa shape index (κ2) is 3.46. The number of carbonyl (C=O) groups is 1. The number of rotatable bonds is 2. The number of ketones is 1. The number of carbonyl (C=O) groups excluding carboxylic acids is 1. The average Bonchev–Trinajstić information content (AvgIpc) is 2.32. The number of thiazole rings is 1. The highest BCUT2D eigenvalue weighted by Gasteiger charge is 2.10. The van der Waals surface area contributed by atoms with E-state index in [1.165, 1.54) is 18.3 Å². The van der Waals surface area contributed by atoms with Gasteiger partial charge in [0.15, 0.2) is 5.78 Å². The first-order valence-corrected chi connectivity index (χ1v) is 4.31. The van der Waals surface area contributed by atoms with Crippen LogP contribution in [0.15, 0.2) is 0 Å². The minimum atomic E-state index is 0.0224. The van der Waals surface area contributed by atoms with Crippen LogP contribution in [0.3, 0.4) is 0 Å². The molecule has 0 N–H and O–H groups in total. The van der Waals surface area contributed by atoms with E-state index in [1.807, 2.05) is 6.07 Å². The number of aryl methyl sites for hydroxylation is 1. The summed E-state index contributed by atoms with van der Waals surface area (Å²) in [7, 11) is 0. The fourth-order valence-corrected chi connectivity index (χ4v) is 1.81. The molecule has 0 aliphatic rings. The van der Waals surface area contributed by atoms with Crippen molar-refractivity contribution in [2.45, 2.75) is 20.3 Å². The molecule has 62 valence electrons. The summed E-state index contributed by atoms with van der Waals surface area (Å²) in [4.78, 5) is 15.7. The fourth-order valence-electron chi connectivity index (χ4n) is 0.922. The zero-order chi connectivity index (χ0) is 9.14. The lowest BCUT2D eigenvalue weighted by atomic mass is 10.3. The molecule has 1 aromatic heterocycles. The third-order valence-corrected chi connectivity index (χ3v) is 2.65. The van der Waals surface area contributed by atoms with Crippen LogP contribution in [0.1, 0.15) is 27.3 Å². The highest BCUT2D eigenvalue weighted by Crippen LogP contribution is 2.18. The number of hydrogen-bond acceptors (Lipinski definition) is 4. The van der Waals surface area contributed by atoms with Crippen molar-refractivity contribution in [3.63, 3.8) is 0 Å². The summed E-state index contributed by atoms with van der Waals surface area (Å²) in [6.07, 6.45) is 0.290. The molecule has 3 nitrogen and oxygen atoms in total. The molecule has 4 heteroatoms. The lowest BCUT2D eigenvalue weighted by Gasteiger charge is -1.85. The molecule has 1 rings (SSSR count). The van der Waals surface area contributed by atoms with E-state index >= 15 is 0 Å². The molecule has 1 aromatic rings. The molecule has 0 radical (unpaired) electrons. The van der Waals surface area contributed by atoms with E-state index in [4.69, 9.17) is 5.26 Å². The first-order chi connectivity index (χ1) is 5.65. The van der Waals surface area contributed by atoms with Crippen LogP contribution in [0, 0.1) is 18.3 Å². The van der Waals surface area contributed by atoms with Crippen molar-refractivity contribution in [1.82, 2.24) is 4.98 Å². The topological polar surface area (TPSA) is 53.8 Å². The maximum atomic E-state index is 11.0. The van der Waals surface area contributed by atoms with Crippen molar-refractivity contribution >= 4 is 17.1 Å². The van der Waals surface area contributed by atoms with E-state index < -0.39 is 0 Å². The van der Waals surface area contributed by atoms with Gasteiger partial charge in [0, 0.05) is 6.92 Å². The van der Waals surface area contributed by atoms with Gasteiger partial charge >= 0.3 is 0 Å². The quantitative estimate of drug-likeness (QED) is 0.651. The zero-order valence-corrected chi connectivity index (χ0v) is 7.73. The van der Waals surface area contributed by atoms with Crippen LogP contribution in [0.4, 0.5) is 0 Å². The van der Waals surface area contributed by atoms with Gasteiger partial charge in [-0.25, -0.2) is 4.98 Å². The van der Waals surface area contributed by atoms with Crippen molar-refractivity contribution in [3.8, 4) is 6.07 Å². The van der Waals surface area contributed by atoms with Crippen molar-refractivity contribution < 1.29 is 4.79 Å². The van der Waals surface area contributed by atoms with Crippen LogP contribution in [-0.2, 0) is 6.42 Å². The van der Waals surface area contributed by atoms with Gasteiger partial charge in [0.1, 0.15) is 5.01 Å². The Balaban J connectivity index is 3.02. The number of Topliss-reactive ketones (excluding diaryl/α,β-unsaturated/α-hetero) is 1. The number of aromatic nitrogens is 1. The second-order valence-corrected chi connectivity index (χ2v) is 3.50. The molecule has 0 amide bonds. The van der Waals surface area contributed by atoms with Crippen LogP contribution in [0.25, 0.3) is 0 Å². The molecule has 0 unspecified atom stereocenters. The van der Waals surface area contributed by atoms with E-state index in [-0.39, 0.29) is 5.78 Å². The Morgan fingerprint density at radius 1 is 1.75 bits per heavy atom. The molecule has 0 saturated carbocycles. The molecular formula is C8H8N2OS. The predicted octanol–water partition coefficient (Wildman–Crippen LogP) is 1.72. The summed E-state index contributed by atoms with van der Waals surface area (Å²) in [6.45, 7) is 3.30. The van der Waals surface area contributed by atoms with Gasteiger partial charge in [0.2, 0.25) is 0 Å². The van der Waals surface area contributed by atoms with Gasteiger partial charge in [-0.05, 0) is 6.92 Å². The van der Waals surface area contributed by atoms with E-state index in [0.29, 0.717) is 11.3 Å². The molecule has 0 aliphatic heterocycles. The van der Waals surface area contributed by atoms with Gasteiger partial charge in [0.05, 0.1) is 23.1 Å². The molecular weight excluding hydrogens is 172 g/mol. The normalized spacial score (nSPS) is 9.42. The fraction of sp³-hybridized carbons (Fsp3) is 0.375. The summed E-state index contributed by atoms with van der Waals surface area (Å²) >= 11 is 1.31. The molecule has 1 heterocycles. The van der Waals surface area contributed by atoms with Gasteiger partial charge in [-0.3, -0.25) is 4.79 Å². The van der Waals surface area contributed by atoms with E-state index in [2.05, 4.69) is 4.98 Å². The molecule has 0 aromatic carbocycles. The lowest BCUT2D eigenvalue weighted by molar-refractivity contribution is 0.102. The SMILES string of the molecule is CC(=O)c1sc(CC#N)nc1C. The van der Waals surface area contributed by atoms with Crippen LogP contribution < -0.4 is 0 Å². The third kappa shape index (κ3) is 1.69. The molecule has 0 atom stereocenters. The predicted molar refractivity (Wildman–Crippen MR) is 46.2 cm³/mol. The first-order valence-electron chi connectivity index (χ1n) is 3.49. The number of hydrogen-bond donors (Lipinski definition) is 0. The largest absolute Gasteiger partial charge is 0.294 e. The minimum Gasteiger partial charge on any atom is -0.294 e. The Labute approximate surface area is 74.7 Å². The molecule has 0 bridgehead atoms. The average molecular weight is 180 g/mol. The highest BCUT2D eigenvalue weighted by atomic mass is 32.1. The Morgan fingerprint density at radius 2 is 2.42 bits per heavy atom. The van der Waals surface area contributed by atoms with Crippen LogP contribution >= 0.6 is 11.3 Å². The molecule has 0 fully saturated rings. The van der Waals surface area contributed by atoms with Gasteiger partial charge in [0.25, 0.3) is 0 Å². The Morgan fingerprint density at radius 3 is 2.83 bits per heavy atom. The first kappa shape index (κ1) is 8.88. The second-order valence-electron chi connectivity index (χ2n) is 2.41. The molecule has 0 aliphatic carbocycles. The maximum Gasteiger partial charge on any atom is 0.171 e. The number of nitrogens with zero attached hydrogens (tertiary/aromatic N) is 2. The molecule has 0 saturated heterocycles. The van der Waals surface area contributed by atoms with E-state index in [9.17, 15) is 4.79 Å². The summed E-state index contributed by atoms with van der Waals surface area (Å²) in [5.74, 6) is 0.0224. The summed E-state index contributed by atoms with van der Waals surface area (Å²) in [5.41, 5.74) is 0.734. The minimum absolute atomic E-state index is 0.0224. The smallest absolute Gasteiger partial charge is 0.171 e. The van der Waals surface area contributed by atoms with Crippen LogP contribution in [-0.4, -0.2) is 10.8 Å². The molecule has 12 heavy (non-hydrogen) atoms. The van der Waals surface area contributed by atoms with Gasteiger partial charge in [-0.1, -0.05) is 0 Å². The van der Waals surface area contributed by atoms with Gasteiger partial charge in [-0.2, -0.15) is 5.26 Å². The van der Waals surface area contributed by atoms with Crippen molar-refractivity contribution in [2.24, 2.45) is 0 Å². The van der Waals surface area contributed by atoms with E-state index in [0.717, 1.165) is 10.7 Å². The summed E-state index contributed by atoms with van der Waals surface area (Å²) < 4.78 is 0. The van der Waals surface area contributed by atoms with Crippen LogP contribution in [0.2, 0.25) is 0 Å². The molecule has 0 spiro atoms. The monoisotopic (exact) mass is 180 g/mol. The van der Waals surface area contributed by atoms with Crippen LogP contribution in [0.5, 0.6) is 0 Å². The zero-order valence-electron chi connectivity index (χ0n) is 6.92. The van der Waals surface area contributed by atoms with Gasteiger partial charge < -0.3 is 0 Å². The lowest BCUT2D eigenvalue weighted by Crippen LogP contribution is -1.89. The Hall–Kier alpha value is -1.21.